The molecule has 1 aromatic rings. The average Bonchev–Trinajstić information content (AvgIpc) is 2.28. The van der Waals surface area contributed by atoms with Crippen molar-refractivity contribution < 1.29 is 18.3 Å². The molecular formula is C12H17NO4S. The Labute approximate surface area is 107 Å². The quantitative estimate of drug-likeness (QED) is 0.856. The molecule has 0 aliphatic heterocycles. The maximum atomic E-state index is 12.0. The Hall–Kier alpha value is -1.40. The number of hydrogen-bond donors (Lipinski definition) is 2. The van der Waals surface area contributed by atoms with Crippen molar-refractivity contribution in [2.45, 2.75) is 37.6 Å². The Balaban J connectivity index is 3.03. The van der Waals surface area contributed by atoms with Crippen LogP contribution in [-0.4, -0.2) is 25.0 Å². The highest BCUT2D eigenvalue weighted by Crippen LogP contribution is 2.16. The van der Waals surface area contributed by atoms with Crippen LogP contribution in [0.3, 0.4) is 0 Å². The number of carboxylic acids is 1. The van der Waals surface area contributed by atoms with Gasteiger partial charge < -0.3 is 5.11 Å². The van der Waals surface area contributed by atoms with Gasteiger partial charge in [0.2, 0.25) is 10.0 Å². The third kappa shape index (κ3) is 3.54. The molecule has 18 heavy (non-hydrogen) atoms. The highest BCUT2D eigenvalue weighted by atomic mass is 32.2. The van der Waals surface area contributed by atoms with E-state index in [-0.39, 0.29) is 10.5 Å². The SMILES string of the molecule is CCC(C)(C)NS(=O)(=O)c1ccc(C(=O)O)cc1. The molecule has 0 spiro atoms. The van der Waals surface area contributed by atoms with Gasteiger partial charge in [-0.1, -0.05) is 6.92 Å². The molecule has 0 aromatic heterocycles. The maximum Gasteiger partial charge on any atom is 0.335 e. The number of benzene rings is 1. The van der Waals surface area contributed by atoms with E-state index in [0.717, 1.165) is 0 Å². The molecule has 0 unspecified atom stereocenters. The van der Waals surface area contributed by atoms with Crippen molar-refractivity contribution in [3.05, 3.63) is 29.8 Å². The Morgan fingerprint density at radius 3 is 2.17 bits per heavy atom. The molecule has 0 aliphatic rings. The molecule has 0 saturated carbocycles. The number of rotatable bonds is 5. The van der Waals surface area contributed by atoms with Crippen molar-refractivity contribution >= 4 is 16.0 Å². The molecule has 0 amide bonds. The molecule has 0 saturated heterocycles. The normalized spacial score (nSPS) is 12.4. The predicted molar refractivity (Wildman–Crippen MR) is 68.1 cm³/mol. The highest BCUT2D eigenvalue weighted by molar-refractivity contribution is 7.89. The third-order valence-electron chi connectivity index (χ3n) is 2.71. The smallest absolute Gasteiger partial charge is 0.335 e. The lowest BCUT2D eigenvalue weighted by atomic mass is 10.0. The van der Waals surface area contributed by atoms with Crippen LogP contribution in [0.4, 0.5) is 0 Å². The van der Waals surface area contributed by atoms with Gasteiger partial charge in [0.15, 0.2) is 0 Å². The fourth-order valence-corrected chi connectivity index (χ4v) is 2.76. The van der Waals surface area contributed by atoms with Crippen LogP contribution in [0.25, 0.3) is 0 Å². The molecule has 1 rings (SSSR count). The Kier molecular flexibility index (Phi) is 4.13. The van der Waals surface area contributed by atoms with Crippen molar-refractivity contribution in [1.82, 2.24) is 4.72 Å². The number of carboxylic acid groups (broad SMARTS) is 1. The van der Waals surface area contributed by atoms with Gasteiger partial charge in [0.1, 0.15) is 0 Å². The molecular weight excluding hydrogens is 254 g/mol. The molecule has 0 atom stereocenters. The number of nitrogens with one attached hydrogen (secondary N) is 1. The van der Waals surface area contributed by atoms with Crippen LogP contribution in [0.1, 0.15) is 37.6 Å². The molecule has 5 nitrogen and oxygen atoms in total. The van der Waals surface area contributed by atoms with Crippen LogP contribution in [0.5, 0.6) is 0 Å². The number of sulfonamides is 1. The van der Waals surface area contributed by atoms with Crippen molar-refractivity contribution in [3.8, 4) is 0 Å². The van der Waals surface area contributed by atoms with E-state index in [1.54, 1.807) is 13.8 Å². The first kappa shape index (κ1) is 14.7. The molecule has 0 bridgehead atoms. The maximum absolute atomic E-state index is 12.0. The largest absolute Gasteiger partial charge is 0.478 e. The number of aromatic carboxylic acids is 1. The summed E-state index contributed by atoms with van der Waals surface area (Å²) >= 11 is 0. The van der Waals surface area contributed by atoms with E-state index in [9.17, 15) is 13.2 Å². The van der Waals surface area contributed by atoms with E-state index in [1.165, 1.54) is 24.3 Å². The standard InChI is InChI=1S/C12H17NO4S/c1-4-12(2,3)13-18(16,17)10-7-5-9(6-8-10)11(14)15/h5-8,13H,4H2,1-3H3,(H,14,15). The summed E-state index contributed by atoms with van der Waals surface area (Å²) in [6.07, 6.45) is 0.652. The lowest BCUT2D eigenvalue weighted by molar-refractivity contribution is 0.0696. The van der Waals surface area contributed by atoms with E-state index < -0.39 is 21.5 Å². The van der Waals surface area contributed by atoms with Gasteiger partial charge in [-0.2, -0.15) is 0 Å². The second-order valence-electron chi connectivity index (χ2n) is 4.67. The van der Waals surface area contributed by atoms with Crippen LogP contribution >= 0.6 is 0 Å². The summed E-state index contributed by atoms with van der Waals surface area (Å²) in [6, 6.07) is 5.13. The van der Waals surface area contributed by atoms with Crippen LogP contribution in [-0.2, 0) is 10.0 Å². The Morgan fingerprint density at radius 1 is 1.28 bits per heavy atom. The summed E-state index contributed by atoms with van der Waals surface area (Å²) in [7, 11) is -3.62. The summed E-state index contributed by atoms with van der Waals surface area (Å²) in [4.78, 5) is 10.7. The van der Waals surface area contributed by atoms with Crippen molar-refractivity contribution in [3.63, 3.8) is 0 Å². The molecule has 0 heterocycles. The van der Waals surface area contributed by atoms with Crippen molar-refractivity contribution in [1.29, 1.82) is 0 Å². The minimum atomic E-state index is -3.62. The van der Waals surface area contributed by atoms with Gasteiger partial charge in [0, 0.05) is 5.54 Å². The van der Waals surface area contributed by atoms with E-state index >= 15 is 0 Å². The molecule has 2 N–H and O–H groups in total. The summed E-state index contributed by atoms with van der Waals surface area (Å²) in [6.45, 7) is 5.46. The van der Waals surface area contributed by atoms with Crippen molar-refractivity contribution in [2.75, 3.05) is 0 Å². The van der Waals surface area contributed by atoms with Crippen LogP contribution < -0.4 is 4.72 Å². The molecule has 0 radical (unpaired) electrons. The lowest BCUT2D eigenvalue weighted by Gasteiger charge is -2.24. The van der Waals surface area contributed by atoms with E-state index in [2.05, 4.69) is 4.72 Å². The van der Waals surface area contributed by atoms with Crippen LogP contribution in [0, 0.1) is 0 Å². The lowest BCUT2D eigenvalue weighted by Crippen LogP contribution is -2.42. The molecule has 0 aliphatic carbocycles. The molecule has 0 fully saturated rings. The van der Waals surface area contributed by atoms with Gasteiger partial charge in [-0.25, -0.2) is 17.9 Å². The van der Waals surface area contributed by atoms with E-state index in [0.29, 0.717) is 6.42 Å². The van der Waals surface area contributed by atoms with Crippen LogP contribution in [0.2, 0.25) is 0 Å². The van der Waals surface area contributed by atoms with Crippen molar-refractivity contribution in [2.24, 2.45) is 0 Å². The zero-order valence-electron chi connectivity index (χ0n) is 10.6. The topological polar surface area (TPSA) is 83.5 Å². The first-order valence-corrected chi connectivity index (χ1v) is 7.03. The number of carbonyl (C=O) groups is 1. The minimum Gasteiger partial charge on any atom is -0.478 e. The molecule has 6 heteroatoms. The highest BCUT2D eigenvalue weighted by Gasteiger charge is 2.24. The first-order valence-electron chi connectivity index (χ1n) is 5.55. The summed E-state index contributed by atoms with van der Waals surface area (Å²) in [5, 5.41) is 8.74. The Morgan fingerprint density at radius 2 is 1.78 bits per heavy atom. The first-order chi connectivity index (χ1) is 8.18. The third-order valence-corrected chi connectivity index (χ3v) is 4.42. The van der Waals surface area contributed by atoms with Gasteiger partial charge in [-0.15, -0.1) is 0 Å². The molecule has 1 aromatic carbocycles. The van der Waals surface area contributed by atoms with Gasteiger partial charge in [0.25, 0.3) is 0 Å². The van der Waals surface area contributed by atoms with E-state index in [1.807, 2.05) is 6.92 Å². The monoisotopic (exact) mass is 271 g/mol. The predicted octanol–water partition coefficient (Wildman–Crippen LogP) is 1.85. The second kappa shape index (κ2) is 5.07. The fourth-order valence-electron chi connectivity index (χ4n) is 1.27. The van der Waals surface area contributed by atoms with Gasteiger partial charge in [-0.05, 0) is 44.5 Å². The average molecular weight is 271 g/mol. The van der Waals surface area contributed by atoms with Gasteiger partial charge in [-0.3, -0.25) is 0 Å². The van der Waals surface area contributed by atoms with Gasteiger partial charge >= 0.3 is 5.97 Å². The summed E-state index contributed by atoms with van der Waals surface area (Å²) < 4.78 is 26.6. The summed E-state index contributed by atoms with van der Waals surface area (Å²) in [5.41, 5.74) is -0.478. The Bertz CT molecular complexity index is 532. The summed E-state index contributed by atoms with van der Waals surface area (Å²) in [5.74, 6) is -1.08. The fraction of sp³-hybridized carbons (Fsp3) is 0.417. The molecule has 100 valence electrons. The zero-order valence-corrected chi connectivity index (χ0v) is 11.4. The number of hydrogen-bond acceptors (Lipinski definition) is 3. The van der Waals surface area contributed by atoms with Gasteiger partial charge in [0.05, 0.1) is 10.5 Å². The van der Waals surface area contributed by atoms with E-state index in [4.69, 9.17) is 5.11 Å². The minimum absolute atomic E-state index is 0.0590. The second-order valence-corrected chi connectivity index (χ2v) is 6.35. The van der Waals surface area contributed by atoms with Crippen LogP contribution in [0.15, 0.2) is 29.2 Å². The zero-order chi connectivity index (χ0) is 14.0.